The van der Waals surface area contributed by atoms with Crippen LogP contribution in [0.4, 0.5) is 4.79 Å². The Morgan fingerprint density at radius 3 is 2.61 bits per heavy atom. The van der Waals surface area contributed by atoms with E-state index in [-0.39, 0.29) is 12.1 Å². The van der Waals surface area contributed by atoms with Crippen molar-refractivity contribution >= 4 is 23.0 Å². The van der Waals surface area contributed by atoms with E-state index < -0.39 is 11.5 Å². The molecule has 0 radical (unpaired) electrons. The van der Waals surface area contributed by atoms with Crippen LogP contribution in [0.2, 0.25) is 0 Å². The standard InChI is InChI=1S/C29H32N2O5/c1-5-34-27(32)24(26-15-22-14-20(16-30)10-12-25(22)35-26)8-6-7-19-9-11-21-17-31(18-23(21)13-19)28(33)36-29(2,3)4/h9-15,24H,5-8,17-18H2,1-4H3. The van der Waals surface area contributed by atoms with E-state index in [1.807, 2.05) is 26.8 Å². The highest BCUT2D eigenvalue weighted by Gasteiger charge is 2.28. The molecule has 2 aromatic carbocycles. The molecule has 7 nitrogen and oxygen atoms in total. The molecule has 3 aromatic rings. The SMILES string of the molecule is CCOC(=O)C(CCCc1ccc2c(c1)CN(C(=O)OC(C)(C)C)C2)c1cc2cc(C#N)ccc2o1. The van der Waals surface area contributed by atoms with E-state index in [1.54, 1.807) is 30.0 Å². The lowest BCUT2D eigenvalue weighted by atomic mass is 9.96. The number of esters is 1. The van der Waals surface area contributed by atoms with Gasteiger partial charge in [0.1, 0.15) is 22.9 Å². The van der Waals surface area contributed by atoms with Gasteiger partial charge in [-0.1, -0.05) is 18.2 Å². The second kappa shape index (κ2) is 10.4. The highest BCUT2D eigenvalue weighted by molar-refractivity contribution is 5.83. The number of amides is 1. The second-order valence-corrected chi connectivity index (χ2v) is 10.1. The van der Waals surface area contributed by atoms with Crippen LogP contribution in [0.3, 0.4) is 0 Å². The largest absolute Gasteiger partial charge is 0.465 e. The predicted octanol–water partition coefficient (Wildman–Crippen LogP) is 6.22. The van der Waals surface area contributed by atoms with Gasteiger partial charge >= 0.3 is 12.1 Å². The lowest BCUT2D eigenvalue weighted by molar-refractivity contribution is -0.145. The maximum Gasteiger partial charge on any atom is 0.410 e. The first-order chi connectivity index (χ1) is 17.2. The van der Waals surface area contributed by atoms with E-state index in [9.17, 15) is 9.59 Å². The third-order valence-electron chi connectivity index (χ3n) is 6.18. The number of benzene rings is 2. The van der Waals surface area contributed by atoms with Crippen molar-refractivity contribution in [3.63, 3.8) is 0 Å². The van der Waals surface area contributed by atoms with Crippen molar-refractivity contribution in [3.8, 4) is 6.07 Å². The Morgan fingerprint density at radius 1 is 1.11 bits per heavy atom. The topological polar surface area (TPSA) is 92.8 Å². The molecule has 1 amide bonds. The van der Waals surface area contributed by atoms with Crippen LogP contribution in [-0.4, -0.2) is 29.2 Å². The molecule has 0 saturated carbocycles. The summed E-state index contributed by atoms with van der Waals surface area (Å²) in [6.07, 6.45) is 1.82. The summed E-state index contributed by atoms with van der Waals surface area (Å²) in [6.45, 7) is 8.77. The number of furan rings is 1. The van der Waals surface area contributed by atoms with Gasteiger partial charge in [0.25, 0.3) is 0 Å². The summed E-state index contributed by atoms with van der Waals surface area (Å²) in [5.41, 5.74) is 4.09. The molecule has 0 fully saturated rings. The van der Waals surface area contributed by atoms with E-state index in [0.717, 1.165) is 34.9 Å². The summed E-state index contributed by atoms with van der Waals surface area (Å²) in [5.74, 6) is -0.264. The van der Waals surface area contributed by atoms with Gasteiger partial charge in [0.05, 0.1) is 18.2 Å². The van der Waals surface area contributed by atoms with Gasteiger partial charge in [0.2, 0.25) is 0 Å². The van der Waals surface area contributed by atoms with Crippen molar-refractivity contribution in [1.82, 2.24) is 4.90 Å². The van der Waals surface area contributed by atoms with Crippen molar-refractivity contribution in [2.75, 3.05) is 6.61 Å². The van der Waals surface area contributed by atoms with Gasteiger partial charge in [0, 0.05) is 18.5 Å². The van der Waals surface area contributed by atoms with E-state index >= 15 is 0 Å². The van der Waals surface area contributed by atoms with Crippen LogP contribution in [0.15, 0.2) is 46.9 Å². The van der Waals surface area contributed by atoms with Gasteiger partial charge in [-0.2, -0.15) is 5.26 Å². The fraction of sp³-hybridized carbons (Fsp3) is 0.414. The van der Waals surface area contributed by atoms with E-state index in [2.05, 4.69) is 24.3 Å². The molecular formula is C29H32N2O5. The molecule has 1 atom stereocenters. The fourth-order valence-electron chi connectivity index (χ4n) is 4.49. The molecular weight excluding hydrogens is 456 g/mol. The number of aryl methyl sites for hydroxylation is 1. The zero-order chi connectivity index (χ0) is 25.9. The monoisotopic (exact) mass is 488 g/mol. The molecule has 0 N–H and O–H groups in total. The Morgan fingerprint density at radius 2 is 1.89 bits per heavy atom. The van der Waals surface area contributed by atoms with E-state index in [4.69, 9.17) is 19.2 Å². The minimum absolute atomic E-state index is 0.299. The van der Waals surface area contributed by atoms with E-state index in [0.29, 0.717) is 43.0 Å². The molecule has 0 bridgehead atoms. The molecule has 0 saturated heterocycles. The molecule has 0 aliphatic carbocycles. The fourth-order valence-corrected chi connectivity index (χ4v) is 4.49. The number of ether oxygens (including phenoxy) is 2. The number of carbonyl (C=O) groups excluding carboxylic acids is 2. The summed E-state index contributed by atoms with van der Waals surface area (Å²) in [4.78, 5) is 26.9. The molecule has 1 aliphatic rings. The molecule has 4 rings (SSSR count). The number of rotatable bonds is 7. The molecule has 1 aliphatic heterocycles. The summed E-state index contributed by atoms with van der Waals surface area (Å²) in [7, 11) is 0. The van der Waals surface area contributed by atoms with Crippen LogP contribution in [0.25, 0.3) is 11.0 Å². The molecule has 0 spiro atoms. The predicted molar refractivity (Wildman–Crippen MR) is 135 cm³/mol. The first-order valence-electron chi connectivity index (χ1n) is 12.4. The van der Waals surface area contributed by atoms with Gasteiger partial charge in [0.15, 0.2) is 0 Å². The average molecular weight is 489 g/mol. The molecule has 1 aromatic heterocycles. The molecule has 188 valence electrons. The summed E-state index contributed by atoms with van der Waals surface area (Å²) < 4.78 is 16.8. The van der Waals surface area contributed by atoms with Crippen LogP contribution in [0.5, 0.6) is 0 Å². The van der Waals surface area contributed by atoms with Gasteiger partial charge in [-0.3, -0.25) is 9.69 Å². The Kier molecular flexibility index (Phi) is 7.35. The van der Waals surface area contributed by atoms with Gasteiger partial charge < -0.3 is 13.9 Å². The Labute approximate surface area is 211 Å². The van der Waals surface area contributed by atoms with Gasteiger partial charge in [-0.05, 0) is 87.9 Å². The molecule has 36 heavy (non-hydrogen) atoms. The maximum absolute atomic E-state index is 12.8. The number of hydrogen-bond acceptors (Lipinski definition) is 6. The summed E-state index contributed by atoms with van der Waals surface area (Å²) >= 11 is 0. The van der Waals surface area contributed by atoms with Crippen LogP contribution in [0, 0.1) is 11.3 Å². The minimum Gasteiger partial charge on any atom is -0.465 e. The Bertz CT molecular complexity index is 1310. The zero-order valence-corrected chi connectivity index (χ0v) is 21.3. The lowest BCUT2D eigenvalue weighted by Crippen LogP contribution is -2.33. The third-order valence-corrected chi connectivity index (χ3v) is 6.18. The molecule has 2 heterocycles. The van der Waals surface area contributed by atoms with Crippen molar-refractivity contribution in [2.24, 2.45) is 0 Å². The highest BCUT2D eigenvalue weighted by Crippen LogP contribution is 2.31. The zero-order valence-electron chi connectivity index (χ0n) is 21.3. The number of hydrogen-bond donors (Lipinski definition) is 0. The number of nitriles is 1. The van der Waals surface area contributed by atoms with Crippen LogP contribution >= 0.6 is 0 Å². The van der Waals surface area contributed by atoms with Crippen molar-refractivity contribution in [3.05, 3.63) is 70.5 Å². The van der Waals surface area contributed by atoms with Crippen LogP contribution in [-0.2, 0) is 33.8 Å². The first kappa shape index (κ1) is 25.3. The lowest BCUT2D eigenvalue weighted by Gasteiger charge is -2.24. The normalized spacial score (nSPS) is 13.8. The number of fused-ring (bicyclic) bond motifs is 2. The summed E-state index contributed by atoms with van der Waals surface area (Å²) in [6, 6.07) is 15.5. The number of carbonyl (C=O) groups is 2. The molecule has 1 unspecified atom stereocenters. The van der Waals surface area contributed by atoms with Crippen molar-refractivity contribution in [2.45, 2.75) is 71.6 Å². The average Bonchev–Trinajstić information content (AvgIpc) is 3.44. The third kappa shape index (κ3) is 5.88. The van der Waals surface area contributed by atoms with Crippen LogP contribution < -0.4 is 0 Å². The molecule has 7 heteroatoms. The Balaban J connectivity index is 1.42. The second-order valence-electron chi connectivity index (χ2n) is 10.1. The number of nitrogens with zero attached hydrogens (tertiary/aromatic N) is 2. The van der Waals surface area contributed by atoms with Gasteiger partial charge in [-0.25, -0.2) is 4.79 Å². The van der Waals surface area contributed by atoms with Crippen LogP contribution in [0.1, 0.15) is 74.5 Å². The smallest absolute Gasteiger partial charge is 0.410 e. The Hall–Kier alpha value is -3.79. The van der Waals surface area contributed by atoms with Gasteiger partial charge in [-0.15, -0.1) is 0 Å². The summed E-state index contributed by atoms with van der Waals surface area (Å²) in [5, 5.41) is 9.96. The van der Waals surface area contributed by atoms with Crippen molar-refractivity contribution < 1.29 is 23.5 Å². The van der Waals surface area contributed by atoms with Crippen molar-refractivity contribution in [1.29, 1.82) is 5.26 Å². The quantitative estimate of drug-likeness (QED) is 0.366. The first-order valence-corrected chi connectivity index (χ1v) is 12.4. The van der Waals surface area contributed by atoms with E-state index in [1.165, 1.54) is 0 Å². The highest BCUT2D eigenvalue weighted by atomic mass is 16.6. The minimum atomic E-state index is -0.523. The maximum atomic E-state index is 12.8.